The van der Waals surface area contributed by atoms with Crippen LogP contribution in [0.5, 0.6) is 0 Å². The average molecular weight is 803 g/mol. The maximum atomic E-state index is 5.56. The molecule has 4 heteroatoms. The fourth-order valence-corrected chi connectivity index (χ4v) is 9.29. The summed E-state index contributed by atoms with van der Waals surface area (Å²) in [5.74, 6) is 0.697. The van der Waals surface area contributed by atoms with Gasteiger partial charge in [-0.25, -0.2) is 15.0 Å². The molecule has 294 valence electrons. The largest absolute Gasteiger partial charge is 0.309 e. The molecule has 9 aromatic carbocycles. The standard InChI is InChI=1S/C59H38N4/c1-6-18-41(19-7-1)56-53(57(42-20-8-2-9-21-42)62-59(61-56)44-24-12-4-13-25-44)40-32-30-39(31-33-40)45-34-35-47-48-36-37-52-54(55(48)58(60-50(47)38-45)43-22-10-3-11-23-43)49-28-16-17-29-51(49)63(52)46-26-14-5-15-27-46/h1-38H. The van der Waals surface area contributed by atoms with Crippen LogP contribution in [0.25, 0.3) is 117 Å². The molecule has 0 saturated heterocycles. The van der Waals surface area contributed by atoms with Gasteiger partial charge in [-0.15, -0.1) is 0 Å². The van der Waals surface area contributed by atoms with Crippen molar-refractivity contribution < 1.29 is 0 Å². The van der Waals surface area contributed by atoms with E-state index in [1.165, 1.54) is 21.7 Å². The van der Waals surface area contributed by atoms with Crippen LogP contribution in [0.1, 0.15) is 0 Å². The van der Waals surface area contributed by atoms with Gasteiger partial charge < -0.3 is 4.57 Å². The average Bonchev–Trinajstić information content (AvgIpc) is 3.71. The lowest BCUT2D eigenvalue weighted by Crippen LogP contribution is -2.00. The minimum absolute atomic E-state index is 0.697. The number of para-hydroxylation sites is 2. The fraction of sp³-hybridized carbons (Fsp3) is 0. The Bertz CT molecular complexity index is 3560. The van der Waals surface area contributed by atoms with Gasteiger partial charge in [0, 0.05) is 55.0 Å². The molecule has 3 heterocycles. The molecule has 0 aliphatic carbocycles. The number of hydrogen-bond acceptors (Lipinski definition) is 3. The molecule has 0 radical (unpaired) electrons. The highest BCUT2D eigenvalue weighted by Crippen LogP contribution is 2.44. The van der Waals surface area contributed by atoms with E-state index in [-0.39, 0.29) is 0 Å². The minimum Gasteiger partial charge on any atom is -0.309 e. The summed E-state index contributed by atoms with van der Waals surface area (Å²) in [7, 11) is 0. The third-order valence-corrected chi connectivity index (χ3v) is 12.2. The summed E-state index contributed by atoms with van der Waals surface area (Å²) in [5, 5.41) is 5.90. The molecule has 0 unspecified atom stereocenters. The van der Waals surface area contributed by atoms with Crippen molar-refractivity contribution in [2.75, 3.05) is 0 Å². The molecule has 4 nitrogen and oxygen atoms in total. The van der Waals surface area contributed by atoms with Crippen molar-refractivity contribution in [3.8, 4) is 73.1 Å². The zero-order valence-electron chi connectivity index (χ0n) is 34.2. The highest BCUT2D eigenvalue weighted by molar-refractivity contribution is 6.28. The maximum Gasteiger partial charge on any atom is 0.160 e. The van der Waals surface area contributed by atoms with E-state index in [0.29, 0.717) is 5.82 Å². The van der Waals surface area contributed by atoms with Crippen molar-refractivity contribution in [3.05, 3.63) is 231 Å². The predicted molar refractivity (Wildman–Crippen MR) is 262 cm³/mol. The molecular formula is C59H38N4. The summed E-state index contributed by atoms with van der Waals surface area (Å²) in [4.78, 5) is 16.1. The highest BCUT2D eigenvalue weighted by Gasteiger charge is 2.22. The Morgan fingerprint density at radius 2 is 0.778 bits per heavy atom. The summed E-state index contributed by atoms with van der Waals surface area (Å²) in [6.45, 7) is 0. The molecule has 0 aliphatic heterocycles. The predicted octanol–water partition coefficient (Wildman–Crippen LogP) is 15.3. The summed E-state index contributed by atoms with van der Waals surface area (Å²) in [5.41, 5.74) is 15.6. The molecule has 0 atom stereocenters. The summed E-state index contributed by atoms with van der Waals surface area (Å²) in [6.07, 6.45) is 0. The molecule has 0 N–H and O–H groups in total. The lowest BCUT2D eigenvalue weighted by molar-refractivity contribution is 1.18. The first-order valence-electron chi connectivity index (χ1n) is 21.4. The fourth-order valence-electron chi connectivity index (χ4n) is 9.29. The van der Waals surface area contributed by atoms with Gasteiger partial charge in [-0.1, -0.05) is 200 Å². The number of pyridine rings is 1. The van der Waals surface area contributed by atoms with Crippen LogP contribution in [0.3, 0.4) is 0 Å². The molecule has 0 amide bonds. The van der Waals surface area contributed by atoms with Gasteiger partial charge in [-0.3, -0.25) is 0 Å². The third kappa shape index (κ3) is 6.27. The Morgan fingerprint density at radius 3 is 1.40 bits per heavy atom. The molecule has 12 rings (SSSR count). The molecular weight excluding hydrogens is 765 g/mol. The van der Waals surface area contributed by atoms with Crippen LogP contribution in [-0.2, 0) is 0 Å². The molecule has 0 bridgehead atoms. The molecule has 0 spiro atoms. The Labute approximate surface area is 365 Å². The number of hydrogen-bond donors (Lipinski definition) is 0. The second kappa shape index (κ2) is 15.2. The van der Waals surface area contributed by atoms with Crippen molar-refractivity contribution in [1.82, 2.24) is 19.5 Å². The maximum absolute atomic E-state index is 5.56. The highest BCUT2D eigenvalue weighted by atomic mass is 15.0. The second-order valence-corrected chi connectivity index (χ2v) is 15.9. The van der Waals surface area contributed by atoms with Gasteiger partial charge in [-0.05, 0) is 52.4 Å². The Kier molecular flexibility index (Phi) is 8.79. The van der Waals surface area contributed by atoms with E-state index in [1.54, 1.807) is 0 Å². The van der Waals surface area contributed by atoms with E-state index >= 15 is 0 Å². The zero-order valence-corrected chi connectivity index (χ0v) is 34.2. The van der Waals surface area contributed by atoms with Crippen LogP contribution in [0, 0.1) is 0 Å². The SMILES string of the molecule is c1ccc(-c2nc(-c3ccccc3)c(-c3ccc(-c4ccc5c(c4)nc(-c4ccccc4)c4c5ccc5c4c4ccccc4n5-c4ccccc4)cc3)c(-c3ccccc3)n2)cc1. The number of nitrogens with zero attached hydrogens (tertiary/aromatic N) is 4. The minimum atomic E-state index is 0.697. The second-order valence-electron chi connectivity index (χ2n) is 15.9. The van der Waals surface area contributed by atoms with Crippen molar-refractivity contribution in [2.45, 2.75) is 0 Å². The summed E-state index contributed by atoms with van der Waals surface area (Å²) < 4.78 is 2.38. The molecule has 0 fully saturated rings. The Balaban J connectivity index is 1.03. The number of fused-ring (bicyclic) bond motifs is 7. The van der Waals surface area contributed by atoms with Crippen molar-refractivity contribution >= 4 is 43.5 Å². The first-order valence-corrected chi connectivity index (χ1v) is 21.4. The Morgan fingerprint density at radius 1 is 0.286 bits per heavy atom. The summed E-state index contributed by atoms with van der Waals surface area (Å²) >= 11 is 0. The van der Waals surface area contributed by atoms with Gasteiger partial charge in [-0.2, -0.15) is 0 Å². The van der Waals surface area contributed by atoms with Crippen LogP contribution >= 0.6 is 0 Å². The van der Waals surface area contributed by atoms with Gasteiger partial charge >= 0.3 is 0 Å². The van der Waals surface area contributed by atoms with Gasteiger partial charge in [0.05, 0.1) is 33.6 Å². The first kappa shape index (κ1) is 36.4. The molecule has 12 aromatic rings. The first-order chi connectivity index (χ1) is 31.3. The number of aromatic nitrogens is 4. The van der Waals surface area contributed by atoms with Crippen LogP contribution in [0.15, 0.2) is 231 Å². The summed E-state index contributed by atoms with van der Waals surface area (Å²) in [6, 6.07) is 81.3. The van der Waals surface area contributed by atoms with Crippen molar-refractivity contribution in [2.24, 2.45) is 0 Å². The quantitative estimate of drug-likeness (QED) is 0.151. The van der Waals surface area contributed by atoms with E-state index in [0.717, 1.165) is 89.1 Å². The van der Waals surface area contributed by atoms with Crippen LogP contribution in [0.4, 0.5) is 0 Å². The van der Waals surface area contributed by atoms with E-state index < -0.39 is 0 Å². The van der Waals surface area contributed by atoms with Gasteiger partial charge in [0.15, 0.2) is 5.82 Å². The normalized spacial score (nSPS) is 11.5. The monoisotopic (exact) mass is 802 g/mol. The van der Waals surface area contributed by atoms with Gasteiger partial charge in [0.25, 0.3) is 0 Å². The molecule has 3 aromatic heterocycles. The van der Waals surface area contributed by atoms with E-state index in [4.69, 9.17) is 15.0 Å². The molecule has 63 heavy (non-hydrogen) atoms. The van der Waals surface area contributed by atoms with Gasteiger partial charge in [0.1, 0.15) is 0 Å². The van der Waals surface area contributed by atoms with E-state index in [2.05, 4.69) is 205 Å². The van der Waals surface area contributed by atoms with Crippen LogP contribution in [0.2, 0.25) is 0 Å². The van der Waals surface area contributed by atoms with Crippen molar-refractivity contribution in [3.63, 3.8) is 0 Å². The zero-order chi connectivity index (χ0) is 41.7. The lowest BCUT2D eigenvalue weighted by atomic mass is 9.92. The smallest absolute Gasteiger partial charge is 0.160 e. The van der Waals surface area contributed by atoms with Crippen molar-refractivity contribution in [1.29, 1.82) is 0 Å². The Hall–Kier alpha value is -8.47. The van der Waals surface area contributed by atoms with Crippen LogP contribution < -0.4 is 0 Å². The van der Waals surface area contributed by atoms with E-state index in [1.807, 2.05) is 30.3 Å². The third-order valence-electron chi connectivity index (χ3n) is 12.2. The van der Waals surface area contributed by atoms with E-state index in [9.17, 15) is 0 Å². The number of rotatable bonds is 7. The number of benzene rings is 9. The van der Waals surface area contributed by atoms with Gasteiger partial charge in [0.2, 0.25) is 0 Å². The van der Waals surface area contributed by atoms with Crippen LogP contribution in [-0.4, -0.2) is 19.5 Å². The lowest BCUT2D eigenvalue weighted by Gasteiger charge is -2.17. The topological polar surface area (TPSA) is 43.6 Å². The molecule has 0 aliphatic rings. The molecule has 0 saturated carbocycles.